The van der Waals surface area contributed by atoms with Crippen molar-refractivity contribution in [3.63, 3.8) is 0 Å². The van der Waals surface area contributed by atoms with Gasteiger partial charge in [-0.15, -0.1) is 0 Å². The molecule has 0 aromatic heterocycles. The summed E-state index contributed by atoms with van der Waals surface area (Å²) in [7, 11) is 1.52. The molecule has 0 aliphatic rings. The second-order valence-corrected chi connectivity index (χ2v) is 2.81. The van der Waals surface area contributed by atoms with Crippen LogP contribution < -0.4 is 4.74 Å². The van der Waals surface area contributed by atoms with Gasteiger partial charge < -0.3 is 4.74 Å². The molecule has 0 fully saturated rings. The van der Waals surface area contributed by atoms with E-state index in [1.54, 1.807) is 12.1 Å². The monoisotopic (exact) mass is 184 g/mol. The first kappa shape index (κ1) is 9.07. The summed E-state index contributed by atoms with van der Waals surface area (Å²) in [6, 6.07) is 3.54. The normalized spacial score (nSPS) is 9.58. The van der Waals surface area contributed by atoms with Gasteiger partial charge >= 0.3 is 0 Å². The summed E-state index contributed by atoms with van der Waals surface area (Å²) < 4.78 is 4.95. The Hall–Kier alpha value is -1.02. The molecular formula is C9H9ClO2. The van der Waals surface area contributed by atoms with Crippen molar-refractivity contribution in [3.8, 4) is 5.75 Å². The summed E-state index contributed by atoms with van der Waals surface area (Å²) in [6.07, 6.45) is 0.736. The summed E-state index contributed by atoms with van der Waals surface area (Å²) in [5, 5.41) is 0.382. The van der Waals surface area contributed by atoms with Gasteiger partial charge in [-0.25, -0.2) is 0 Å². The molecule has 0 aliphatic heterocycles. The lowest BCUT2D eigenvalue weighted by molar-refractivity contribution is 0.112. The van der Waals surface area contributed by atoms with Crippen LogP contribution in [0.3, 0.4) is 0 Å². The van der Waals surface area contributed by atoms with Crippen molar-refractivity contribution in [1.82, 2.24) is 0 Å². The van der Waals surface area contributed by atoms with Crippen molar-refractivity contribution < 1.29 is 9.53 Å². The molecule has 0 aliphatic carbocycles. The fourth-order valence-corrected chi connectivity index (χ4v) is 1.31. The maximum Gasteiger partial charge on any atom is 0.151 e. The molecule has 1 aromatic carbocycles. The number of rotatable bonds is 2. The van der Waals surface area contributed by atoms with E-state index in [0.29, 0.717) is 16.3 Å². The van der Waals surface area contributed by atoms with Gasteiger partial charge in [-0.1, -0.05) is 17.7 Å². The number of halogens is 1. The zero-order chi connectivity index (χ0) is 9.14. The SMILES string of the molecule is COc1ccc(C)c(C=O)c1Cl. The molecule has 0 spiro atoms. The minimum absolute atomic E-state index is 0.382. The van der Waals surface area contributed by atoms with Gasteiger partial charge in [0.05, 0.1) is 12.1 Å². The van der Waals surface area contributed by atoms with Gasteiger partial charge in [0.2, 0.25) is 0 Å². The molecule has 1 rings (SSSR count). The van der Waals surface area contributed by atoms with Crippen LogP contribution in [0.4, 0.5) is 0 Å². The number of aldehydes is 1. The summed E-state index contributed by atoms with van der Waals surface area (Å²) in [4.78, 5) is 10.6. The predicted octanol–water partition coefficient (Wildman–Crippen LogP) is 2.47. The third kappa shape index (κ3) is 1.43. The Morgan fingerprint density at radius 1 is 1.50 bits per heavy atom. The summed E-state index contributed by atoms with van der Waals surface area (Å²) in [5.41, 5.74) is 1.35. The Morgan fingerprint density at radius 2 is 2.17 bits per heavy atom. The number of ether oxygens (including phenoxy) is 1. The van der Waals surface area contributed by atoms with Crippen LogP contribution in [0.15, 0.2) is 12.1 Å². The molecule has 0 saturated carbocycles. The van der Waals surface area contributed by atoms with Crippen molar-refractivity contribution in [3.05, 3.63) is 28.3 Å². The molecular weight excluding hydrogens is 176 g/mol. The molecule has 0 N–H and O–H groups in total. The van der Waals surface area contributed by atoms with Gasteiger partial charge in [0, 0.05) is 5.56 Å². The summed E-state index contributed by atoms with van der Waals surface area (Å²) >= 11 is 5.86. The maximum atomic E-state index is 10.6. The number of hydrogen-bond acceptors (Lipinski definition) is 2. The first-order chi connectivity index (χ1) is 5.70. The molecule has 0 amide bonds. The van der Waals surface area contributed by atoms with E-state index in [1.165, 1.54) is 7.11 Å². The number of hydrogen-bond donors (Lipinski definition) is 0. The van der Waals surface area contributed by atoms with Gasteiger partial charge in [-0.2, -0.15) is 0 Å². The van der Waals surface area contributed by atoms with Crippen LogP contribution in [0, 0.1) is 6.92 Å². The van der Waals surface area contributed by atoms with E-state index in [4.69, 9.17) is 16.3 Å². The average molecular weight is 185 g/mol. The summed E-state index contributed by atoms with van der Waals surface area (Å²) in [6.45, 7) is 1.83. The zero-order valence-electron chi connectivity index (χ0n) is 6.93. The van der Waals surface area contributed by atoms with Crippen molar-refractivity contribution in [2.75, 3.05) is 7.11 Å². The van der Waals surface area contributed by atoms with Gasteiger partial charge in [0.25, 0.3) is 0 Å². The van der Waals surface area contributed by atoms with Crippen LogP contribution in [0.25, 0.3) is 0 Å². The second-order valence-electron chi connectivity index (χ2n) is 2.43. The molecule has 0 heterocycles. The predicted molar refractivity (Wildman–Crippen MR) is 48.1 cm³/mol. The molecule has 0 unspecified atom stereocenters. The molecule has 64 valence electrons. The van der Waals surface area contributed by atoms with Crippen LogP contribution in [-0.4, -0.2) is 13.4 Å². The Balaban J connectivity index is 3.33. The molecule has 0 atom stereocenters. The quantitative estimate of drug-likeness (QED) is 0.660. The van der Waals surface area contributed by atoms with E-state index >= 15 is 0 Å². The molecule has 12 heavy (non-hydrogen) atoms. The fraction of sp³-hybridized carbons (Fsp3) is 0.222. The van der Waals surface area contributed by atoms with Crippen LogP contribution >= 0.6 is 11.6 Å². The van der Waals surface area contributed by atoms with Gasteiger partial charge in [-0.3, -0.25) is 4.79 Å². The van der Waals surface area contributed by atoms with E-state index in [9.17, 15) is 4.79 Å². The van der Waals surface area contributed by atoms with Crippen molar-refractivity contribution >= 4 is 17.9 Å². The Kier molecular flexibility index (Phi) is 2.71. The lowest BCUT2D eigenvalue weighted by Crippen LogP contribution is -1.91. The Bertz CT molecular complexity index is 308. The Morgan fingerprint density at radius 3 is 2.67 bits per heavy atom. The fourth-order valence-electron chi connectivity index (χ4n) is 0.972. The highest BCUT2D eigenvalue weighted by Gasteiger charge is 2.07. The average Bonchev–Trinajstić information content (AvgIpc) is 2.06. The maximum absolute atomic E-state index is 10.6. The number of carbonyl (C=O) groups excluding carboxylic acids is 1. The van der Waals surface area contributed by atoms with Crippen LogP contribution in [0.2, 0.25) is 5.02 Å². The second kappa shape index (κ2) is 3.59. The van der Waals surface area contributed by atoms with E-state index in [-0.39, 0.29) is 0 Å². The van der Waals surface area contributed by atoms with Gasteiger partial charge in [0.1, 0.15) is 5.75 Å². The molecule has 1 aromatic rings. The largest absolute Gasteiger partial charge is 0.495 e. The Labute approximate surface area is 76.1 Å². The molecule has 0 bridgehead atoms. The van der Waals surface area contributed by atoms with E-state index < -0.39 is 0 Å². The highest BCUT2D eigenvalue weighted by Crippen LogP contribution is 2.28. The first-order valence-corrected chi connectivity index (χ1v) is 3.86. The van der Waals surface area contributed by atoms with Crippen LogP contribution in [-0.2, 0) is 0 Å². The highest BCUT2D eigenvalue weighted by molar-refractivity contribution is 6.34. The number of benzene rings is 1. The summed E-state index contributed by atoms with van der Waals surface area (Å²) in [5.74, 6) is 0.532. The zero-order valence-corrected chi connectivity index (χ0v) is 7.68. The lowest BCUT2D eigenvalue weighted by Gasteiger charge is -2.06. The molecule has 0 saturated heterocycles. The van der Waals surface area contributed by atoms with Crippen LogP contribution in [0.1, 0.15) is 15.9 Å². The third-order valence-corrected chi connectivity index (χ3v) is 2.09. The topological polar surface area (TPSA) is 26.3 Å². The van der Waals surface area contributed by atoms with Crippen molar-refractivity contribution in [2.24, 2.45) is 0 Å². The number of methoxy groups -OCH3 is 1. The number of carbonyl (C=O) groups is 1. The minimum Gasteiger partial charge on any atom is -0.495 e. The smallest absolute Gasteiger partial charge is 0.151 e. The standard InChI is InChI=1S/C9H9ClO2/c1-6-3-4-8(12-2)9(10)7(6)5-11/h3-5H,1-2H3. The van der Waals surface area contributed by atoms with Gasteiger partial charge in [0.15, 0.2) is 6.29 Å². The first-order valence-electron chi connectivity index (χ1n) is 3.49. The number of aryl methyl sites for hydroxylation is 1. The van der Waals surface area contributed by atoms with Crippen LogP contribution in [0.5, 0.6) is 5.75 Å². The minimum atomic E-state index is 0.382. The van der Waals surface area contributed by atoms with Gasteiger partial charge in [-0.05, 0) is 18.6 Å². The third-order valence-electron chi connectivity index (χ3n) is 1.70. The van der Waals surface area contributed by atoms with E-state index in [1.807, 2.05) is 6.92 Å². The molecule has 3 heteroatoms. The molecule has 2 nitrogen and oxygen atoms in total. The highest BCUT2D eigenvalue weighted by atomic mass is 35.5. The van der Waals surface area contributed by atoms with E-state index in [0.717, 1.165) is 11.8 Å². The van der Waals surface area contributed by atoms with E-state index in [2.05, 4.69) is 0 Å². The van der Waals surface area contributed by atoms with Crippen molar-refractivity contribution in [2.45, 2.75) is 6.92 Å². The molecule has 0 radical (unpaired) electrons. The van der Waals surface area contributed by atoms with Crippen molar-refractivity contribution in [1.29, 1.82) is 0 Å². The lowest BCUT2D eigenvalue weighted by atomic mass is 10.1.